The van der Waals surface area contributed by atoms with E-state index in [-0.39, 0.29) is 21.7 Å². The Labute approximate surface area is 364 Å². The van der Waals surface area contributed by atoms with E-state index in [0.717, 1.165) is 11.8 Å². The molecule has 0 N–H and O–H groups in total. The zero-order valence-electron chi connectivity index (χ0n) is 40.5. The third-order valence-electron chi connectivity index (χ3n) is 12.3. The van der Waals surface area contributed by atoms with Crippen molar-refractivity contribution in [3.8, 4) is 11.1 Å². The van der Waals surface area contributed by atoms with Gasteiger partial charge in [0.2, 0.25) is 0 Å². The molecule has 1 aliphatic rings. The highest BCUT2D eigenvalue weighted by Gasteiger charge is 2.38. The zero-order chi connectivity index (χ0) is 43.9. The van der Waals surface area contributed by atoms with Crippen LogP contribution in [0.1, 0.15) is 174 Å². The first-order valence-electron chi connectivity index (χ1n) is 22.8. The molecule has 1 fully saturated rings. The Morgan fingerprint density at radius 2 is 0.864 bits per heavy atom. The van der Waals surface area contributed by atoms with Crippen LogP contribution in [-0.2, 0) is 21.7 Å². The highest BCUT2D eigenvalue weighted by molar-refractivity contribution is 7.73. The van der Waals surface area contributed by atoms with Gasteiger partial charge in [0, 0.05) is 5.66 Å². The van der Waals surface area contributed by atoms with Crippen molar-refractivity contribution < 1.29 is 0 Å². The molecule has 59 heavy (non-hydrogen) atoms. The normalized spacial score (nSPS) is 16.5. The molecule has 0 aliphatic heterocycles. The lowest BCUT2D eigenvalue weighted by molar-refractivity contribution is 0.407. The first kappa shape index (κ1) is 48.2. The maximum Gasteiger partial charge on any atom is 0.0153 e. The average Bonchev–Trinajstić information content (AvgIpc) is 3.58. The summed E-state index contributed by atoms with van der Waals surface area (Å²) in [4.78, 5) is 0. The number of hydrogen-bond acceptors (Lipinski definition) is 0. The molecule has 0 heterocycles. The molecule has 5 aromatic carbocycles. The van der Waals surface area contributed by atoms with E-state index in [2.05, 4.69) is 233 Å². The van der Waals surface area contributed by atoms with E-state index in [0.29, 0.717) is 5.66 Å². The van der Waals surface area contributed by atoms with Gasteiger partial charge in [0.05, 0.1) is 0 Å². The van der Waals surface area contributed by atoms with Crippen molar-refractivity contribution in [3.63, 3.8) is 0 Å². The summed E-state index contributed by atoms with van der Waals surface area (Å²) in [6, 6.07) is 43.6. The van der Waals surface area contributed by atoms with E-state index in [4.69, 9.17) is 0 Å². The Hall–Kier alpha value is -3.47. The molecule has 0 aromatic heterocycles. The van der Waals surface area contributed by atoms with Crippen LogP contribution in [0.5, 0.6) is 0 Å². The predicted octanol–water partition coefficient (Wildman–Crippen LogP) is 16.9. The van der Waals surface area contributed by atoms with E-state index >= 15 is 0 Å². The molecule has 6 rings (SSSR count). The molecule has 0 bridgehead atoms. The van der Waals surface area contributed by atoms with Gasteiger partial charge >= 0.3 is 0 Å². The molecular weight excluding hydrogens is 728 g/mol. The van der Waals surface area contributed by atoms with E-state index in [1.807, 2.05) is 0 Å². The molecule has 5 aromatic rings. The molecular formula is C58H81P. The smallest absolute Gasteiger partial charge is 0.0153 e. The third-order valence-corrected chi connectivity index (χ3v) is 15.2. The summed E-state index contributed by atoms with van der Waals surface area (Å²) in [6.45, 7) is 39.3. The first-order chi connectivity index (χ1) is 27.5. The summed E-state index contributed by atoms with van der Waals surface area (Å²) < 4.78 is 0. The second kappa shape index (κ2) is 19.9. The monoisotopic (exact) mass is 809 g/mol. The Balaban J connectivity index is 0.000000246. The molecule has 0 nitrogen and oxygen atoms in total. The Bertz CT molecular complexity index is 1920. The van der Waals surface area contributed by atoms with Gasteiger partial charge in [-0.15, -0.1) is 0 Å². The summed E-state index contributed by atoms with van der Waals surface area (Å²) in [5, 5.41) is 3.00. The van der Waals surface area contributed by atoms with Crippen LogP contribution >= 0.6 is 7.92 Å². The van der Waals surface area contributed by atoms with Gasteiger partial charge in [-0.3, -0.25) is 0 Å². The summed E-state index contributed by atoms with van der Waals surface area (Å²) in [6.07, 6.45) is 5.36. The lowest BCUT2D eigenvalue weighted by atomic mass is 9.73. The van der Waals surface area contributed by atoms with Gasteiger partial charge in [0.1, 0.15) is 0 Å². The molecule has 0 radical (unpaired) electrons. The van der Waals surface area contributed by atoms with E-state index in [1.54, 1.807) is 0 Å². The van der Waals surface area contributed by atoms with Crippen molar-refractivity contribution in [1.29, 1.82) is 0 Å². The van der Waals surface area contributed by atoms with Crippen LogP contribution in [-0.4, -0.2) is 0 Å². The first-order valence-corrected chi connectivity index (χ1v) is 24.2. The molecule has 1 saturated carbocycles. The zero-order valence-corrected chi connectivity index (χ0v) is 41.4. The molecule has 0 amide bonds. The van der Waals surface area contributed by atoms with Gasteiger partial charge in [-0.05, 0) is 122 Å². The minimum absolute atomic E-state index is 0.114. The summed E-state index contributed by atoms with van der Waals surface area (Å²) in [7, 11) is -0.428. The highest BCUT2D eigenvalue weighted by atomic mass is 31.1. The highest BCUT2D eigenvalue weighted by Crippen LogP contribution is 2.58. The van der Waals surface area contributed by atoms with Crippen molar-refractivity contribution in [2.45, 2.75) is 171 Å². The fraction of sp³-hybridized carbons (Fsp3) is 0.483. The Morgan fingerprint density at radius 1 is 0.508 bits per heavy atom. The molecule has 0 saturated heterocycles. The van der Waals surface area contributed by atoms with Crippen molar-refractivity contribution in [1.82, 2.24) is 0 Å². The maximum absolute atomic E-state index is 2.47. The standard InChI is InChI=1S/C30H46.C25H27P.C3H8/c1-19-23(15-21(27(3,4)5)17-25(19)29(9,10)11)24-16-22(28(6,7)8)18-26(20(24)2)30(12,13)14;1-20-12-11-19-24(20)25(21-13-5-2-6-14-21)26(22-15-7-3-8-16-22)23-17-9-4-10-18-23;1-3-2/h15-18H,1-14H3;2-10,13-18,20,24-25H,11-12,19H2,1H3;3H2,1-2H3. The summed E-state index contributed by atoms with van der Waals surface area (Å²) in [5.41, 5.74) is 14.0. The fourth-order valence-corrected chi connectivity index (χ4v) is 12.2. The lowest BCUT2D eigenvalue weighted by Gasteiger charge is -2.35. The van der Waals surface area contributed by atoms with E-state index < -0.39 is 7.92 Å². The van der Waals surface area contributed by atoms with Crippen molar-refractivity contribution >= 4 is 18.5 Å². The van der Waals surface area contributed by atoms with Gasteiger partial charge in [0.15, 0.2) is 0 Å². The number of benzene rings is 5. The van der Waals surface area contributed by atoms with Gasteiger partial charge in [-0.25, -0.2) is 0 Å². The van der Waals surface area contributed by atoms with Gasteiger partial charge in [-0.1, -0.05) is 238 Å². The van der Waals surface area contributed by atoms with Crippen LogP contribution in [0.4, 0.5) is 0 Å². The second-order valence-electron chi connectivity index (χ2n) is 21.6. The molecule has 0 spiro atoms. The average molecular weight is 809 g/mol. The van der Waals surface area contributed by atoms with Crippen LogP contribution in [0, 0.1) is 25.7 Å². The van der Waals surface area contributed by atoms with Crippen LogP contribution in [0.3, 0.4) is 0 Å². The van der Waals surface area contributed by atoms with Gasteiger partial charge in [-0.2, -0.15) is 0 Å². The largest absolute Gasteiger partial charge is 0.0656 e. The van der Waals surface area contributed by atoms with Gasteiger partial charge in [0.25, 0.3) is 0 Å². The lowest BCUT2D eigenvalue weighted by Crippen LogP contribution is -2.24. The summed E-state index contributed by atoms with van der Waals surface area (Å²) in [5.74, 6) is 1.57. The SMILES string of the molecule is CC1CCCC1C(c1ccccc1)P(c1ccccc1)c1ccccc1.CCC.Cc1c(-c2cc(C(C)(C)C)cc(C(C)(C)C)c2C)cc(C(C)(C)C)cc1C(C)(C)C. The minimum atomic E-state index is -0.428. The van der Waals surface area contributed by atoms with E-state index in [1.165, 1.54) is 86.4 Å². The number of rotatable bonds is 6. The minimum Gasteiger partial charge on any atom is -0.0656 e. The predicted molar refractivity (Wildman–Crippen MR) is 267 cm³/mol. The van der Waals surface area contributed by atoms with E-state index in [9.17, 15) is 0 Å². The fourth-order valence-electron chi connectivity index (χ4n) is 8.94. The second-order valence-corrected chi connectivity index (χ2v) is 23.9. The molecule has 3 atom stereocenters. The van der Waals surface area contributed by atoms with Crippen molar-refractivity contribution in [2.24, 2.45) is 11.8 Å². The Morgan fingerprint density at radius 3 is 1.17 bits per heavy atom. The molecule has 1 heteroatoms. The van der Waals surface area contributed by atoms with Crippen LogP contribution in [0.2, 0.25) is 0 Å². The molecule has 3 unspecified atom stereocenters. The number of hydrogen-bond donors (Lipinski definition) is 0. The quantitative estimate of drug-likeness (QED) is 0.150. The maximum atomic E-state index is 2.47. The third kappa shape index (κ3) is 12.3. The Kier molecular flexibility index (Phi) is 16.3. The summed E-state index contributed by atoms with van der Waals surface area (Å²) >= 11 is 0. The van der Waals surface area contributed by atoms with Crippen molar-refractivity contribution in [2.75, 3.05) is 0 Å². The van der Waals surface area contributed by atoms with Crippen LogP contribution < -0.4 is 10.6 Å². The van der Waals surface area contributed by atoms with Gasteiger partial charge < -0.3 is 0 Å². The van der Waals surface area contributed by atoms with Crippen LogP contribution in [0.25, 0.3) is 11.1 Å². The molecule has 1 aliphatic carbocycles. The van der Waals surface area contributed by atoms with Crippen LogP contribution in [0.15, 0.2) is 115 Å². The molecule has 318 valence electrons. The van der Waals surface area contributed by atoms with Crippen molar-refractivity contribution in [3.05, 3.63) is 154 Å². The topological polar surface area (TPSA) is 0 Å².